The molecule has 0 saturated heterocycles. The van der Waals surface area contributed by atoms with Crippen LogP contribution in [-0.2, 0) is 0 Å². The molecule has 0 radical (unpaired) electrons. The predicted molar refractivity (Wildman–Crippen MR) is 67.6 cm³/mol. The highest BCUT2D eigenvalue weighted by atomic mass is 79.9. The lowest BCUT2D eigenvalue weighted by Gasteiger charge is -1.95. The first-order chi connectivity index (χ1) is 7.16. The maximum atomic E-state index is 11.7. The van der Waals surface area contributed by atoms with Gasteiger partial charge in [0.1, 0.15) is 5.51 Å². The van der Waals surface area contributed by atoms with Gasteiger partial charge in [-0.05, 0) is 37.9 Å². The summed E-state index contributed by atoms with van der Waals surface area (Å²) >= 11 is 9.29. The second kappa shape index (κ2) is 4.69. The van der Waals surface area contributed by atoms with Crippen LogP contribution in [-0.4, -0.2) is 16.1 Å². The van der Waals surface area contributed by atoms with Gasteiger partial charge in [-0.15, -0.1) is 21.5 Å². The third-order valence-corrected chi connectivity index (χ3v) is 5.31. The van der Waals surface area contributed by atoms with Crippen LogP contribution in [0.1, 0.15) is 9.67 Å². The summed E-state index contributed by atoms with van der Waals surface area (Å²) < 4.78 is 1.76. The molecular formula is C7H3Br2N3OS2. The van der Waals surface area contributed by atoms with Crippen molar-refractivity contribution < 1.29 is 4.79 Å². The standard InChI is InChI=1S/C7H3Br2N3OS2/c8-3-1-4(15-5(3)9)6(13)11-7-12-10-2-14-7/h1-2H,(H,11,12,13). The summed E-state index contributed by atoms with van der Waals surface area (Å²) in [4.78, 5) is 12.3. The van der Waals surface area contributed by atoms with Gasteiger partial charge in [0.25, 0.3) is 5.91 Å². The van der Waals surface area contributed by atoms with Crippen molar-refractivity contribution in [3.05, 3.63) is 24.7 Å². The Morgan fingerprint density at radius 2 is 2.27 bits per heavy atom. The zero-order valence-electron chi connectivity index (χ0n) is 7.03. The second-order valence-electron chi connectivity index (χ2n) is 2.43. The van der Waals surface area contributed by atoms with Crippen LogP contribution in [0.2, 0.25) is 0 Å². The first kappa shape index (κ1) is 11.2. The number of hydrogen-bond donors (Lipinski definition) is 1. The van der Waals surface area contributed by atoms with E-state index in [1.807, 2.05) is 0 Å². The second-order valence-corrected chi connectivity index (χ2v) is 6.49. The van der Waals surface area contributed by atoms with Crippen LogP contribution >= 0.6 is 54.5 Å². The number of aromatic nitrogens is 2. The molecule has 2 aromatic rings. The van der Waals surface area contributed by atoms with Crippen molar-refractivity contribution in [2.75, 3.05) is 5.32 Å². The van der Waals surface area contributed by atoms with Crippen molar-refractivity contribution in [3.8, 4) is 0 Å². The molecule has 0 bridgehead atoms. The number of anilines is 1. The van der Waals surface area contributed by atoms with Gasteiger partial charge in [-0.2, -0.15) is 0 Å². The van der Waals surface area contributed by atoms with Crippen molar-refractivity contribution in [1.82, 2.24) is 10.2 Å². The van der Waals surface area contributed by atoms with E-state index >= 15 is 0 Å². The molecule has 0 unspecified atom stereocenters. The summed E-state index contributed by atoms with van der Waals surface area (Å²) in [6.45, 7) is 0. The number of halogens is 2. The molecule has 1 amide bonds. The Balaban J connectivity index is 2.15. The van der Waals surface area contributed by atoms with E-state index in [-0.39, 0.29) is 5.91 Å². The van der Waals surface area contributed by atoms with Crippen molar-refractivity contribution >= 4 is 65.6 Å². The van der Waals surface area contributed by atoms with Crippen LogP contribution in [0, 0.1) is 0 Å². The molecule has 0 spiro atoms. The highest BCUT2D eigenvalue weighted by Crippen LogP contribution is 2.32. The first-order valence-corrected chi connectivity index (χ1v) is 6.97. The number of nitrogens with zero attached hydrogens (tertiary/aromatic N) is 2. The fourth-order valence-electron chi connectivity index (χ4n) is 0.845. The summed E-state index contributed by atoms with van der Waals surface area (Å²) in [6.07, 6.45) is 0. The van der Waals surface area contributed by atoms with Gasteiger partial charge in [0.2, 0.25) is 5.13 Å². The van der Waals surface area contributed by atoms with Gasteiger partial charge in [-0.3, -0.25) is 10.1 Å². The largest absolute Gasteiger partial charge is 0.296 e. The van der Waals surface area contributed by atoms with E-state index in [2.05, 4.69) is 47.4 Å². The van der Waals surface area contributed by atoms with E-state index in [0.29, 0.717) is 10.0 Å². The summed E-state index contributed by atoms with van der Waals surface area (Å²) in [5.41, 5.74) is 1.57. The lowest BCUT2D eigenvalue weighted by molar-refractivity contribution is 0.103. The lowest BCUT2D eigenvalue weighted by Crippen LogP contribution is -2.09. The highest BCUT2D eigenvalue weighted by Gasteiger charge is 2.13. The van der Waals surface area contributed by atoms with Crippen molar-refractivity contribution in [1.29, 1.82) is 0 Å². The monoisotopic (exact) mass is 367 g/mol. The molecule has 78 valence electrons. The normalized spacial score (nSPS) is 10.3. The van der Waals surface area contributed by atoms with E-state index in [1.54, 1.807) is 11.6 Å². The Morgan fingerprint density at radius 3 is 2.80 bits per heavy atom. The third-order valence-electron chi connectivity index (χ3n) is 1.45. The summed E-state index contributed by atoms with van der Waals surface area (Å²) in [5.74, 6) is -0.178. The Bertz CT molecular complexity index is 463. The zero-order chi connectivity index (χ0) is 10.8. The molecule has 4 nitrogen and oxygen atoms in total. The summed E-state index contributed by atoms with van der Waals surface area (Å²) in [5, 5.41) is 10.5. The molecule has 2 aromatic heterocycles. The average Bonchev–Trinajstić information content (AvgIpc) is 2.78. The van der Waals surface area contributed by atoms with E-state index in [0.717, 1.165) is 8.26 Å². The van der Waals surface area contributed by atoms with E-state index < -0.39 is 0 Å². The van der Waals surface area contributed by atoms with E-state index in [4.69, 9.17) is 0 Å². The molecule has 0 fully saturated rings. The third kappa shape index (κ3) is 2.63. The van der Waals surface area contributed by atoms with Gasteiger partial charge in [0, 0.05) is 4.47 Å². The highest BCUT2D eigenvalue weighted by molar-refractivity contribution is 9.13. The van der Waals surface area contributed by atoms with Crippen LogP contribution in [0.25, 0.3) is 0 Å². The van der Waals surface area contributed by atoms with Gasteiger partial charge in [-0.25, -0.2) is 0 Å². The van der Waals surface area contributed by atoms with Crippen LogP contribution in [0.15, 0.2) is 19.8 Å². The maximum absolute atomic E-state index is 11.7. The zero-order valence-corrected chi connectivity index (χ0v) is 11.8. The molecule has 8 heteroatoms. The Labute approximate surface area is 110 Å². The SMILES string of the molecule is O=C(Nc1nncs1)c1cc(Br)c(Br)s1. The van der Waals surface area contributed by atoms with Crippen molar-refractivity contribution in [2.45, 2.75) is 0 Å². The fraction of sp³-hybridized carbons (Fsp3) is 0. The Kier molecular flexibility index (Phi) is 3.49. The van der Waals surface area contributed by atoms with Crippen LogP contribution in [0.4, 0.5) is 5.13 Å². The molecule has 0 aliphatic heterocycles. The predicted octanol–water partition coefficient (Wildman–Crippen LogP) is 3.38. The minimum Gasteiger partial charge on any atom is -0.296 e. The quantitative estimate of drug-likeness (QED) is 0.883. The number of carbonyl (C=O) groups excluding carboxylic acids is 1. The van der Waals surface area contributed by atoms with Gasteiger partial charge >= 0.3 is 0 Å². The number of hydrogen-bond acceptors (Lipinski definition) is 5. The number of amides is 1. The van der Waals surface area contributed by atoms with Crippen molar-refractivity contribution in [2.24, 2.45) is 0 Å². The molecule has 0 aromatic carbocycles. The molecule has 0 aliphatic carbocycles. The van der Waals surface area contributed by atoms with Crippen LogP contribution in [0.5, 0.6) is 0 Å². The van der Waals surface area contributed by atoms with E-state index in [1.165, 1.54) is 22.7 Å². The molecule has 0 aliphatic rings. The fourth-order valence-corrected chi connectivity index (χ4v) is 3.22. The maximum Gasteiger partial charge on any atom is 0.267 e. The van der Waals surface area contributed by atoms with Crippen molar-refractivity contribution in [3.63, 3.8) is 0 Å². The number of rotatable bonds is 2. The summed E-state index contributed by atoms with van der Waals surface area (Å²) in [6, 6.07) is 1.76. The first-order valence-electron chi connectivity index (χ1n) is 3.69. The Morgan fingerprint density at radius 1 is 1.47 bits per heavy atom. The summed E-state index contributed by atoms with van der Waals surface area (Å²) in [7, 11) is 0. The number of carbonyl (C=O) groups is 1. The molecule has 2 heterocycles. The van der Waals surface area contributed by atoms with E-state index in [9.17, 15) is 4.79 Å². The van der Waals surface area contributed by atoms with Crippen LogP contribution in [0.3, 0.4) is 0 Å². The smallest absolute Gasteiger partial charge is 0.267 e. The molecule has 15 heavy (non-hydrogen) atoms. The van der Waals surface area contributed by atoms with Gasteiger partial charge in [0.05, 0.1) is 8.66 Å². The molecular weight excluding hydrogens is 366 g/mol. The molecule has 0 atom stereocenters. The van der Waals surface area contributed by atoms with Gasteiger partial charge in [-0.1, -0.05) is 11.3 Å². The topological polar surface area (TPSA) is 54.9 Å². The Hall–Kier alpha value is -0.310. The van der Waals surface area contributed by atoms with Crippen LogP contribution < -0.4 is 5.32 Å². The average molecular weight is 369 g/mol. The molecule has 2 rings (SSSR count). The van der Waals surface area contributed by atoms with Gasteiger partial charge in [0.15, 0.2) is 0 Å². The lowest BCUT2D eigenvalue weighted by atomic mass is 10.4. The van der Waals surface area contributed by atoms with Gasteiger partial charge < -0.3 is 0 Å². The molecule has 1 N–H and O–H groups in total. The number of thiophene rings is 1. The molecule has 0 saturated carbocycles. The minimum atomic E-state index is -0.178. The minimum absolute atomic E-state index is 0.178. The number of nitrogens with one attached hydrogen (secondary N) is 1.